The lowest BCUT2D eigenvalue weighted by molar-refractivity contribution is -0.122. The van der Waals surface area contributed by atoms with Crippen molar-refractivity contribution < 1.29 is 4.79 Å². The van der Waals surface area contributed by atoms with Gasteiger partial charge in [-0.1, -0.05) is 12.1 Å². The molecule has 1 aliphatic heterocycles. The number of carbonyl (C=O) groups is 1. The number of nitrogens with zero attached hydrogens (tertiary/aromatic N) is 1. The van der Waals surface area contributed by atoms with Gasteiger partial charge in [0, 0.05) is 12.6 Å². The lowest BCUT2D eigenvalue weighted by Gasteiger charge is -2.27. The predicted octanol–water partition coefficient (Wildman–Crippen LogP) is 1.30. The number of amides is 1. The van der Waals surface area contributed by atoms with Gasteiger partial charge in [0.15, 0.2) is 0 Å². The SMILES string of the molecule is CC(C(=O)NC1CC1)N1CCc2cccc(N)c21. The van der Waals surface area contributed by atoms with E-state index in [1.165, 1.54) is 5.56 Å². The minimum atomic E-state index is -0.142. The fraction of sp³-hybridized carbons (Fsp3) is 0.500. The smallest absolute Gasteiger partial charge is 0.242 e. The van der Waals surface area contributed by atoms with Crippen molar-refractivity contribution >= 4 is 17.3 Å². The van der Waals surface area contributed by atoms with Crippen LogP contribution in [0.5, 0.6) is 0 Å². The highest BCUT2D eigenvalue weighted by atomic mass is 16.2. The Balaban J connectivity index is 1.80. The molecular formula is C14H19N3O. The van der Waals surface area contributed by atoms with Gasteiger partial charge >= 0.3 is 0 Å². The molecule has 0 saturated heterocycles. The average Bonchev–Trinajstić information content (AvgIpc) is 3.05. The molecule has 1 heterocycles. The molecular weight excluding hydrogens is 226 g/mol. The molecule has 1 aliphatic carbocycles. The van der Waals surface area contributed by atoms with E-state index in [9.17, 15) is 4.79 Å². The zero-order valence-corrected chi connectivity index (χ0v) is 10.6. The van der Waals surface area contributed by atoms with Gasteiger partial charge in [0.2, 0.25) is 5.91 Å². The summed E-state index contributed by atoms with van der Waals surface area (Å²) in [4.78, 5) is 14.2. The van der Waals surface area contributed by atoms with Gasteiger partial charge in [-0.25, -0.2) is 0 Å². The highest BCUT2D eigenvalue weighted by molar-refractivity contribution is 5.88. The van der Waals surface area contributed by atoms with Crippen LogP contribution in [0.4, 0.5) is 11.4 Å². The van der Waals surface area contributed by atoms with E-state index in [0.717, 1.165) is 37.2 Å². The summed E-state index contributed by atoms with van der Waals surface area (Å²) in [6.07, 6.45) is 3.22. The van der Waals surface area contributed by atoms with Gasteiger partial charge in [0.25, 0.3) is 0 Å². The Kier molecular flexibility index (Phi) is 2.65. The quantitative estimate of drug-likeness (QED) is 0.789. The standard InChI is InChI=1S/C14H19N3O/c1-9(14(18)16-11-5-6-11)17-8-7-10-3-2-4-12(15)13(10)17/h2-4,9,11H,5-8,15H2,1H3,(H,16,18). The largest absolute Gasteiger partial charge is 0.397 e. The van der Waals surface area contributed by atoms with Crippen LogP contribution in [0.1, 0.15) is 25.3 Å². The molecule has 0 radical (unpaired) electrons. The van der Waals surface area contributed by atoms with Gasteiger partial charge in [-0.05, 0) is 37.8 Å². The van der Waals surface area contributed by atoms with Gasteiger partial charge in [-0.3, -0.25) is 4.79 Å². The van der Waals surface area contributed by atoms with Crippen LogP contribution >= 0.6 is 0 Å². The first kappa shape index (κ1) is 11.4. The van der Waals surface area contributed by atoms with Crippen LogP contribution in [0, 0.1) is 0 Å². The summed E-state index contributed by atoms with van der Waals surface area (Å²) < 4.78 is 0. The fourth-order valence-corrected chi connectivity index (χ4v) is 2.59. The molecule has 0 spiro atoms. The van der Waals surface area contributed by atoms with Crippen LogP contribution < -0.4 is 16.0 Å². The predicted molar refractivity (Wildman–Crippen MR) is 72.5 cm³/mol. The van der Waals surface area contributed by atoms with Crippen molar-refractivity contribution in [2.24, 2.45) is 0 Å². The lowest BCUT2D eigenvalue weighted by Crippen LogP contribution is -2.45. The zero-order valence-electron chi connectivity index (χ0n) is 10.6. The second kappa shape index (κ2) is 4.19. The number of rotatable bonds is 3. The molecule has 1 amide bonds. The summed E-state index contributed by atoms with van der Waals surface area (Å²) in [5.41, 5.74) is 9.12. The molecule has 3 N–H and O–H groups in total. The topological polar surface area (TPSA) is 58.4 Å². The van der Waals surface area contributed by atoms with E-state index in [2.05, 4.69) is 16.3 Å². The van der Waals surface area contributed by atoms with Crippen molar-refractivity contribution in [2.75, 3.05) is 17.2 Å². The minimum Gasteiger partial charge on any atom is -0.397 e. The second-order valence-corrected chi connectivity index (χ2v) is 5.26. The van der Waals surface area contributed by atoms with Crippen molar-refractivity contribution in [1.29, 1.82) is 0 Å². The lowest BCUT2D eigenvalue weighted by atomic mass is 10.1. The summed E-state index contributed by atoms with van der Waals surface area (Å²) in [5.74, 6) is 0.119. The number of hydrogen-bond acceptors (Lipinski definition) is 3. The first-order valence-corrected chi connectivity index (χ1v) is 6.61. The Bertz CT molecular complexity index is 482. The molecule has 1 atom stereocenters. The highest BCUT2D eigenvalue weighted by Crippen LogP contribution is 2.35. The highest BCUT2D eigenvalue weighted by Gasteiger charge is 2.32. The minimum absolute atomic E-state index is 0.119. The average molecular weight is 245 g/mol. The van der Waals surface area contributed by atoms with Crippen molar-refractivity contribution in [3.63, 3.8) is 0 Å². The fourth-order valence-electron chi connectivity index (χ4n) is 2.59. The number of nitrogens with one attached hydrogen (secondary N) is 1. The van der Waals surface area contributed by atoms with Crippen LogP contribution in [0.25, 0.3) is 0 Å². The molecule has 96 valence electrons. The van der Waals surface area contributed by atoms with Crippen LogP contribution in [-0.4, -0.2) is 24.5 Å². The number of benzene rings is 1. The maximum absolute atomic E-state index is 12.1. The van der Waals surface area contributed by atoms with Crippen LogP contribution in [0.3, 0.4) is 0 Å². The van der Waals surface area contributed by atoms with E-state index in [1.54, 1.807) is 0 Å². The second-order valence-electron chi connectivity index (χ2n) is 5.26. The van der Waals surface area contributed by atoms with Gasteiger partial charge in [0.05, 0.1) is 11.4 Å². The molecule has 0 aromatic heterocycles. The molecule has 18 heavy (non-hydrogen) atoms. The molecule has 1 fully saturated rings. The first-order chi connectivity index (χ1) is 8.66. The zero-order chi connectivity index (χ0) is 12.7. The third kappa shape index (κ3) is 1.92. The third-order valence-electron chi connectivity index (χ3n) is 3.83. The summed E-state index contributed by atoms with van der Waals surface area (Å²) in [5, 5.41) is 3.06. The molecule has 2 aliphatic rings. The molecule has 1 aromatic carbocycles. The van der Waals surface area contributed by atoms with Crippen LogP contribution in [0.15, 0.2) is 18.2 Å². The Morgan fingerprint density at radius 1 is 1.50 bits per heavy atom. The first-order valence-electron chi connectivity index (χ1n) is 6.61. The Morgan fingerprint density at radius 3 is 3.00 bits per heavy atom. The van der Waals surface area contributed by atoms with Crippen molar-refractivity contribution in [1.82, 2.24) is 5.32 Å². The van der Waals surface area contributed by atoms with Crippen LogP contribution in [-0.2, 0) is 11.2 Å². The van der Waals surface area contributed by atoms with Crippen molar-refractivity contribution in [2.45, 2.75) is 38.3 Å². The van der Waals surface area contributed by atoms with Gasteiger partial charge in [0.1, 0.15) is 6.04 Å². The van der Waals surface area contributed by atoms with Crippen LogP contribution in [0.2, 0.25) is 0 Å². The number of anilines is 2. The molecule has 1 aromatic rings. The number of nitrogen functional groups attached to an aromatic ring is 1. The normalized spacial score (nSPS) is 19.5. The summed E-state index contributed by atoms with van der Waals surface area (Å²) in [6.45, 7) is 2.84. The molecule has 3 rings (SSSR count). The Hall–Kier alpha value is -1.71. The Labute approximate surface area is 107 Å². The summed E-state index contributed by atoms with van der Waals surface area (Å²) in [7, 11) is 0. The maximum atomic E-state index is 12.1. The van der Waals surface area contributed by atoms with Gasteiger partial charge in [-0.2, -0.15) is 0 Å². The van der Waals surface area contributed by atoms with Crippen molar-refractivity contribution in [3.05, 3.63) is 23.8 Å². The monoisotopic (exact) mass is 245 g/mol. The summed E-state index contributed by atoms with van der Waals surface area (Å²) in [6, 6.07) is 6.25. The van der Waals surface area contributed by atoms with E-state index >= 15 is 0 Å². The molecule has 1 unspecified atom stereocenters. The van der Waals surface area contributed by atoms with E-state index < -0.39 is 0 Å². The van der Waals surface area contributed by atoms with Gasteiger partial charge < -0.3 is 16.0 Å². The van der Waals surface area contributed by atoms with E-state index in [0.29, 0.717) is 6.04 Å². The number of carbonyl (C=O) groups excluding carboxylic acids is 1. The summed E-state index contributed by atoms with van der Waals surface area (Å²) >= 11 is 0. The number of nitrogens with two attached hydrogens (primary N) is 1. The van der Waals surface area contributed by atoms with Gasteiger partial charge in [-0.15, -0.1) is 0 Å². The molecule has 4 nitrogen and oxygen atoms in total. The van der Waals surface area contributed by atoms with Crippen molar-refractivity contribution in [3.8, 4) is 0 Å². The van der Waals surface area contributed by atoms with E-state index in [-0.39, 0.29) is 11.9 Å². The maximum Gasteiger partial charge on any atom is 0.242 e. The molecule has 4 heteroatoms. The number of para-hydroxylation sites is 1. The third-order valence-corrected chi connectivity index (χ3v) is 3.83. The number of fused-ring (bicyclic) bond motifs is 1. The molecule has 0 bridgehead atoms. The van der Waals surface area contributed by atoms with E-state index in [1.807, 2.05) is 19.1 Å². The number of hydrogen-bond donors (Lipinski definition) is 2. The Morgan fingerprint density at radius 2 is 2.28 bits per heavy atom. The molecule has 1 saturated carbocycles. The van der Waals surface area contributed by atoms with E-state index in [4.69, 9.17) is 5.73 Å².